The smallest absolute Gasteiger partial charge is 0.411 e. The van der Waals surface area contributed by atoms with Crippen LogP contribution < -0.4 is 10.6 Å². The second-order valence-electron chi connectivity index (χ2n) is 2.77. The first-order valence-corrected chi connectivity index (χ1v) is 3.87. The number of benzene rings is 1. The van der Waals surface area contributed by atoms with Gasteiger partial charge in [0.2, 0.25) is 0 Å². The van der Waals surface area contributed by atoms with Crippen molar-refractivity contribution in [2.75, 3.05) is 17.7 Å². The van der Waals surface area contributed by atoms with Gasteiger partial charge in [-0.15, -0.1) is 0 Å². The van der Waals surface area contributed by atoms with E-state index in [9.17, 15) is 9.59 Å². The molecule has 3 N–H and O–H groups in total. The van der Waals surface area contributed by atoms with E-state index in [4.69, 9.17) is 10.8 Å². The topological polar surface area (TPSA) is 83.6 Å². The highest BCUT2D eigenvalue weighted by Crippen LogP contribution is 2.18. The summed E-state index contributed by atoms with van der Waals surface area (Å²) in [6.45, 7) is 0. The van der Waals surface area contributed by atoms with Crippen molar-refractivity contribution in [3.63, 3.8) is 0 Å². The molecular formula is C9H10N2O3. The van der Waals surface area contributed by atoms with Gasteiger partial charge in [-0.1, -0.05) is 0 Å². The minimum absolute atomic E-state index is 0.288. The fraction of sp³-hybridized carbons (Fsp3) is 0.111. The van der Waals surface area contributed by atoms with Crippen LogP contribution in [0.15, 0.2) is 18.2 Å². The Bertz CT molecular complexity index is 376. The predicted octanol–water partition coefficient (Wildman–Crippen LogP) is 1.20. The SMILES string of the molecule is CN(C(=O)O)c1ccc(N)c(C=O)c1. The lowest BCUT2D eigenvalue weighted by Crippen LogP contribution is -2.23. The third-order valence-electron chi connectivity index (χ3n) is 1.87. The van der Waals surface area contributed by atoms with Crippen LogP contribution in [0, 0.1) is 0 Å². The number of carbonyl (C=O) groups is 2. The summed E-state index contributed by atoms with van der Waals surface area (Å²) in [6, 6.07) is 4.46. The lowest BCUT2D eigenvalue weighted by Gasteiger charge is -2.13. The minimum atomic E-state index is -1.09. The van der Waals surface area contributed by atoms with Crippen molar-refractivity contribution in [3.8, 4) is 0 Å². The molecule has 0 aliphatic heterocycles. The maximum atomic E-state index is 10.6. The molecule has 1 aromatic carbocycles. The van der Waals surface area contributed by atoms with E-state index < -0.39 is 6.09 Å². The van der Waals surface area contributed by atoms with E-state index in [1.165, 1.54) is 25.2 Å². The number of amides is 1. The molecular weight excluding hydrogens is 184 g/mol. The maximum absolute atomic E-state index is 10.6. The Morgan fingerprint density at radius 3 is 2.71 bits per heavy atom. The van der Waals surface area contributed by atoms with Crippen molar-refractivity contribution < 1.29 is 14.7 Å². The Morgan fingerprint density at radius 2 is 2.21 bits per heavy atom. The third-order valence-corrected chi connectivity index (χ3v) is 1.87. The molecule has 0 atom stereocenters. The lowest BCUT2D eigenvalue weighted by molar-refractivity contribution is 0.112. The van der Waals surface area contributed by atoms with Crippen molar-refractivity contribution in [2.45, 2.75) is 0 Å². The summed E-state index contributed by atoms with van der Waals surface area (Å²) in [4.78, 5) is 22.1. The van der Waals surface area contributed by atoms with E-state index in [0.29, 0.717) is 17.7 Å². The van der Waals surface area contributed by atoms with Gasteiger partial charge < -0.3 is 10.8 Å². The van der Waals surface area contributed by atoms with E-state index in [2.05, 4.69) is 0 Å². The van der Waals surface area contributed by atoms with Gasteiger partial charge in [-0.05, 0) is 18.2 Å². The van der Waals surface area contributed by atoms with E-state index in [1.807, 2.05) is 0 Å². The van der Waals surface area contributed by atoms with E-state index in [0.717, 1.165) is 4.90 Å². The first-order chi connectivity index (χ1) is 6.56. The van der Waals surface area contributed by atoms with Crippen LogP contribution in [0.4, 0.5) is 16.2 Å². The number of rotatable bonds is 2. The average Bonchev–Trinajstić information content (AvgIpc) is 2.17. The van der Waals surface area contributed by atoms with Gasteiger partial charge >= 0.3 is 6.09 Å². The Hall–Kier alpha value is -2.04. The highest BCUT2D eigenvalue weighted by atomic mass is 16.4. The number of nitrogens with zero attached hydrogens (tertiary/aromatic N) is 1. The van der Waals surface area contributed by atoms with E-state index in [1.54, 1.807) is 0 Å². The van der Waals surface area contributed by atoms with Crippen molar-refractivity contribution in [1.29, 1.82) is 0 Å². The standard InChI is InChI=1S/C9H10N2O3/c1-11(9(13)14)7-2-3-8(10)6(4-7)5-12/h2-5H,10H2,1H3,(H,13,14). The first-order valence-electron chi connectivity index (χ1n) is 3.87. The van der Waals surface area contributed by atoms with Gasteiger partial charge in [-0.2, -0.15) is 0 Å². The van der Waals surface area contributed by atoms with Crippen molar-refractivity contribution >= 4 is 23.8 Å². The highest BCUT2D eigenvalue weighted by Gasteiger charge is 2.09. The predicted molar refractivity (Wildman–Crippen MR) is 52.7 cm³/mol. The number of carbonyl (C=O) groups excluding carboxylic acids is 1. The molecule has 0 aliphatic rings. The molecule has 0 fully saturated rings. The molecule has 0 spiro atoms. The highest BCUT2D eigenvalue weighted by molar-refractivity contribution is 5.90. The second-order valence-corrected chi connectivity index (χ2v) is 2.77. The zero-order chi connectivity index (χ0) is 10.7. The molecule has 1 amide bonds. The summed E-state index contributed by atoms with van der Waals surface area (Å²) in [5, 5.41) is 8.67. The molecule has 0 aliphatic carbocycles. The van der Waals surface area contributed by atoms with Gasteiger partial charge in [-0.25, -0.2) is 4.79 Å². The fourth-order valence-electron chi connectivity index (χ4n) is 0.983. The van der Waals surface area contributed by atoms with Gasteiger partial charge in [0.05, 0.1) is 0 Å². The Labute approximate surface area is 80.7 Å². The third kappa shape index (κ3) is 1.82. The summed E-state index contributed by atoms with van der Waals surface area (Å²) >= 11 is 0. The number of hydrogen-bond donors (Lipinski definition) is 2. The fourth-order valence-corrected chi connectivity index (χ4v) is 0.983. The summed E-state index contributed by atoms with van der Waals surface area (Å²) in [7, 11) is 1.39. The van der Waals surface area contributed by atoms with Crippen LogP contribution >= 0.6 is 0 Å². The molecule has 1 aromatic rings. The molecule has 1 rings (SSSR count). The molecule has 0 saturated heterocycles. The summed E-state index contributed by atoms with van der Waals surface area (Å²) < 4.78 is 0. The molecule has 0 unspecified atom stereocenters. The normalized spacial score (nSPS) is 9.50. The number of nitrogens with two attached hydrogens (primary N) is 1. The summed E-state index contributed by atoms with van der Waals surface area (Å²) in [6.07, 6.45) is -0.499. The zero-order valence-electron chi connectivity index (χ0n) is 7.60. The monoisotopic (exact) mass is 194 g/mol. The van der Waals surface area contributed by atoms with Crippen LogP contribution in [0.25, 0.3) is 0 Å². The summed E-state index contributed by atoms with van der Waals surface area (Å²) in [5.74, 6) is 0. The summed E-state index contributed by atoms with van der Waals surface area (Å²) in [5.41, 5.74) is 6.51. The first kappa shape index (κ1) is 10.0. The average molecular weight is 194 g/mol. The molecule has 0 bridgehead atoms. The van der Waals surface area contributed by atoms with Gasteiger partial charge in [-0.3, -0.25) is 9.69 Å². The van der Waals surface area contributed by atoms with Gasteiger partial charge in [0.25, 0.3) is 0 Å². The van der Waals surface area contributed by atoms with E-state index >= 15 is 0 Å². The maximum Gasteiger partial charge on any atom is 0.411 e. The Morgan fingerprint density at radius 1 is 1.57 bits per heavy atom. The van der Waals surface area contributed by atoms with Crippen LogP contribution in [0.2, 0.25) is 0 Å². The Balaban J connectivity index is 3.12. The van der Waals surface area contributed by atoms with Crippen LogP contribution in [0.1, 0.15) is 10.4 Å². The number of aldehydes is 1. The molecule has 0 heterocycles. The van der Waals surface area contributed by atoms with Gasteiger partial charge in [0.15, 0.2) is 6.29 Å². The van der Waals surface area contributed by atoms with E-state index in [-0.39, 0.29) is 5.56 Å². The second kappa shape index (κ2) is 3.78. The number of nitrogen functional groups attached to an aromatic ring is 1. The van der Waals surface area contributed by atoms with Crippen molar-refractivity contribution in [1.82, 2.24) is 0 Å². The van der Waals surface area contributed by atoms with Crippen LogP contribution in [0.5, 0.6) is 0 Å². The van der Waals surface area contributed by atoms with Crippen molar-refractivity contribution in [2.24, 2.45) is 0 Å². The van der Waals surface area contributed by atoms with Crippen molar-refractivity contribution in [3.05, 3.63) is 23.8 Å². The molecule has 5 nitrogen and oxygen atoms in total. The minimum Gasteiger partial charge on any atom is -0.465 e. The van der Waals surface area contributed by atoms with Crippen LogP contribution in [-0.4, -0.2) is 24.5 Å². The zero-order valence-corrected chi connectivity index (χ0v) is 7.60. The van der Waals surface area contributed by atoms with Gasteiger partial charge in [0, 0.05) is 24.0 Å². The molecule has 74 valence electrons. The number of hydrogen-bond acceptors (Lipinski definition) is 3. The van der Waals surface area contributed by atoms with Crippen LogP contribution in [0.3, 0.4) is 0 Å². The molecule has 14 heavy (non-hydrogen) atoms. The lowest BCUT2D eigenvalue weighted by atomic mass is 10.1. The quantitative estimate of drug-likeness (QED) is 0.547. The molecule has 0 aromatic heterocycles. The largest absolute Gasteiger partial charge is 0.465 e. The van der Waals surface area contributed by atoms with Gasteiger partial charge in [0.1, 0.15) is 0 Å². The molecule has 0 radical (unpaired) electrons. The number of anilines is 2. The number of carboxylic acid groups (broad SMARTS) is 1. The Kier molecular flexibility index (Phi) is 2.71. The van der Waals surface area contributed by atoms with Crippen LogP contribution in [-0.2, 0) is 0 Å². The molecule has 5 heteroatoms. The molecule has 0 saturated carbocycles.